The van der Waals surface area contributed by atoms with Crippen LogP contribution in [-0.4, -0.2) is 50.5 Å². The lowest BCUT2D eigenvalue weighted by molar-refractivity contribution is -0.144. The number of carbonyl (C=O) groups is 1. The third kappa shape index (κ3) is 4.40. The van der Waals surface area contributed by atoms with E-state index in [4.69, 9.17) is 14.2 Å². The summed E-state index contributed by atoms with van der Waals surface area (Å²) in [4.78, 5) is 16.6. The predicted octanol–water partition coefficient (Wildman–Crippen LogP) is 2.82. The molecule has 8 nitrogen and oxygen atoms in total. The van der Waals surface area contributed by atoms with Gasteiger partial charge < -0.3 is 14.2 Å². The van der Waals surface area contributed by atoms with Crippen molar-refractivity contribution in [2.24, 2.45) is 0 Å². The van der Waals surface area contributed by atoms with Crippen molar-refractivity contribution in [3.05, 3.63) is 47.5 Å². The number of rotatable bonds is 6. The lowest BCUT2D eigenvalue weighted by Crippen LogP contribution is -2.33. The molecule has 158 valence electrons. The summed E-state index contributed by atoms with van der Waals surface area (Å²) in [6.45, 7) is 0.543. The van der Waals surface area contributed by atoms with E-state index in [-0.39, 0.29) is 11.5 Å². The molecule has 2 heterocycles. The third-order valence-corrected chi connectivity index (χ3v) is 7.28. The highest BCUT2D eigenvalue weighted by molar-refractivity contribution is 7.89. The molecule has 1 aliphatic heterocycles. The number of hydrogen-bond acceptors (Lipinski definition) is 8. The van der Waals surface area contributed by atoms with Crippen LogP contribution in [0.5, 0.6) is 11.5 Å². The second-order valence-electron chi connectivity index (χ2n) is 6.66. The summed E-state index contributed by atoms with van der Waals surface area (Å²) < 4.78 is 43.9. The van der Waals surface area contributed by atoms with Crippen LogP contribution in [0.4, 0.5) is 0 Å². The Labute approximate surface area is 178 Å². The molecule has 0 atom stereocenters. The van der Waals surface area contributed by atoms with E-state index in [1.165, 1.54) is 30.5 Å². The molecule has 10 heteroatoms. The average Bonchev–Trinajstić information content (AvgIpc) is 3.00. The molecule has 4 rings (SSSR count). The van der Waals surface area contributed by atoms with Crippen molar-refractivity contribution in [1.29, 1.82) is 0 Å². The van der Waals surface area contributed by atoms with Gasteiger partial charge in [-0.15, -0.1) is 11.3 Å². The summed E-state index contributed by atoms with van der Waals surface area (Å²) in [6.07, 6.45) is 0.719. The normalized spacial score (nSPS) is 13.9. The molecule has 0 bridgehead atoms. The van der Waals surface area contributed by atoms with E-state index in [0.29, 0.717) is 29.7 Å². The van der Waals surface area contributed by atoms with Gasteiger partial charge in [0.15, 0.2) is 11.5 Å². The standard InChI is InChI=1S/C20H20N2O6S2/c1-22(12-20(23)28-13-19-21-15-5-2-3-6-18(15)29-19)30(24,25)14-7-8-16-17(11-14)27-10-4-9-26-16/h2-3,5-8,11H,4,9-10,12-13H2,1H3. The van der Waals surface area contributed by atoms with E-state index >= 15 is 0 Å². The van der Waals surface area contributed by atoms with E-state index < -0.39 is 22.5 Å². The zero-order valence-electron chi connectivity index (χ0n) is 16.2. The maximum atomic E-state index is 12.8. The largest absolute Gasteiger partial charge is 0.490 e. The number of sulfonamides is 1. The number of hydrogen-bond donors (Lipinski definition) is 0. The second-order valence-corrected chi connectivity index (χ2v) is 9.82. The maximum Gasteiger partial charge on any atom is 0.321 e. The van der Waals surface area contributed by atoms with E-state index in [9.17, 15) is 13.2 Å². The van der Waals surface area contributed by atoms with Crippen LogP contribution in [0, 0.1) is 0 Å². The lowest BCUT2D eigenvalue weighted by atomic mass is 10.3. The first kappa shape index (κ1) is 20.6. The van der Waals surface area contributed by atoms with Crippen molar-refractivity contribution in [2.75, 3.05) is 26.8 Å². The molecular weight excluding hydrogens is 428 g/mol. The number of ether oxygens (including phenoxy) is 3. The Bertz CT molecular complexity index is 1140. The molecule has 0 spiro atoms. The smallest absolute Gasteiger partial charge is 0.321 e. The fraction of sp³-hybridized carbons (Fsp3) is 0.300. The molecule has 0 amide bonds. The van der Waals surface area contributed by atoms with E-state index in [2.05, 4.69) is 4.98 Å². The molecule has 0 N–H and O–H groups in total. The molecule has 0 radical (unpaired) electrons. The topological polar surface area (TPSA) is 95.0 Å². The summed E-state index contributed by atoms with van der Waals surface area (Å²) in [5, 5.41) is 0.651. The number of thiazole rings is 1. The molecule has 30 heavy (non-hydrogen) atoms. The first-order valence-corrected chi connectivity index (χ1v) is 11.6. The molecule has 0 saturated heterocycles. The van der Waals surface area contributed by atoms with Crippen molar-refractivity contribution in [3.8, 4) is 11.5 Å². The van der Waals surface area contributed by atoms with Crippen LogP contribution in [0.2, 0.25) is 0 Å². The lowest BCUT2D eigenvalue weighted by Gasteiger charge is -2.17. The molecule has 0 aliphatic carbocycles. The summed E-state index contributed by atoms with van der Waals surface area (Å²) in [7, 11) is -2.57. The van der Waals surface area contributed by atoms with E-state index in [1.54, 1.807) is 6.07 Å². The average molecular weight is 449 g/mol. The van der Waals surface area contributed by atoms with Crippen molar-refractivity contribution in [2.45, 2.75) is 17.9 Å². The van der Waals surface area contributed by atoms with Gasteiger partial charge in [0.2, 0.25) is 10.0 Å². The summed E-state index contributed by atoms with van der Waals surface area (Å²) in [6, 6.07) is 12.0. The highest BCUT2D eigenvalue weighted by atomic mass is 32.2. The van der Waals surface area contributed by atoms with Crippen molar-refractivity contribution < 1.29 is 27.4 Å². The van der Waals surface area contributed by atoms with E-state index in [0.717, 1.165) is 20.9 Å². The Morgan fingerprint density at radius 2 is 1.93 bits per heavy atom. The number of nitrogens with zero attached hydrogens (tertiary/aromatic N) is 2. The van der Waals surface area contributed by atoms with Gasteiger partial charge in [-0.25, -0.2) is 13.4 Å². The van der Waals surface area contributed by atoms with Gasteiger partial charge in [-0.2, -0.15) is 4.31 Å². The van der Waals surface area contributed by atoms with Crippen LogP contribution in [0.3, 0.4) is 0 Å². The SMILES string of the molecule is CN(CC(=O)OCc1nc2ccccc2s1)S(=O)(=O)c1ccc2c(c1)OCCCO2. The molecular formula is C20H20N2O6S2. The fourth-order valence-corrected chi connectivity index (χ4v) is 4.93. The molecule has 1 aliphatic rings. The minimum absolute atomic E-state index is 0.00388. The van der Waals surface area contributed by atoms with Gasteiger partial charge in [-0.05, 0) is 24.3 Å². The van der Waals surface area contributed by atoms with Crippen LogP contribution in [0.25, 0.3) is 10.2 Å². The van der Waals surface area contributed by atoms with Gasteiger partial charge in [0.1, 0.15) is 18.2 Å². The van der Waals surface area contributed by atoms with Gasteiger partial charge in [0.25, 0.3) is 0 Å². The maximum absolute atomic E-state index is 12.8. The van der Waals surface area contributed by atoms with E-state index in [1.807, 2.05) is 24.3 Å². The summed E-state index contributed by atoms with van der Waals surface area (Å²) >= 11 is 1.43. The number of fused-ring (bicyclic) bond motifs is 2. The van der Waals surface area contributed by atoms with Crippen LogP contribution in [0.15, 0.2) is 47.4 Å². The predicted molar refractivity (Wildman–Crippen MR) is 111 cm³/mol. The summed E-state index contributed by atoms with van der Waals surface area (Å²) in [5.74, 6) is 0.222. The Morgan fingerprint density at radius 1 is 1.17 bits per heavy atom. The van der Waals surface area contributed by atoms with Gasteiger partial charge in [0, 0.05) is 19.5 Å². The third-order valence-electron chi connectivity index (χ3n) is 4.47. The number of esters is 1. The summed E-state index contributed by atoms with van der Waals surface area (Å²) in [5.41, 5.74) is 0.836. The second kappa shape index (κ2) is 8.58. The zero-order chi connectivity index (χ0) is 21.1. The first-order chi connectivity index (χ1) is 14.4. The van der Waals surface area contributed by atoms with Gasteiger partial charge in [0.05, 0.1) is 28.3 Å². The number of carbonyl (C=O) groups excluding carboxylic acids is 1. The Morgan fingerprint density at radius 3 is 2.73 bits per heavy atom. The van der Waals surface area contributed by atoms with Crippen molar-refractivity contribution in [3.63, 3.8) is 0 Å². The van der Waals surface area contributed by atoms with Crippen molar-refractivity contribution >= 4 is 37.5 Å². The number of aromatic nitrogens is 1. The number of benzene rings is 2. The van der Waals surface area contributed by atoms with Gasteiger partial charge in [-0.1, -0.05) is 12.1 Å². The van der Waals surface area contributed by atoms with Gasteiger partial charge >= 0.3 is 5.97 Å². The quantitative estimate of drug-likeness (QED) is 0.535. The molecule has 0 saturated carbocycles. The molecule has 2 aromatic carbocycles. The highest BCUT2D eigenvalue weighted by Gasteiger charge is 2.25. The monoisotopic (exact) mass is 448 g/mol. The Balaban J connectivity index is 1.40. The minimum Gasteiger partial charge on any atom is -0.490 e. The van der Waals surface area contributed by atoms with Gasteiger partial charge in [-0.3, -0.25) is 4.79 Å². The number of para-hydroxylation sites is 1. The molecule has 1 aromatic heterocycles. The molecule has 0 unspecified atom stereocenters. The Hall–Kier alpha value is -2.69. The highest BCUT2D eigenvalue weighted by Crippen LogP contribution is 2.32. The number of likely N-dealkylation sites (N-methyl/N-ethyl adjacent to an activating group) is 1. The Kier molecular flexibility index (Phi) is 5.89. The van der Waals surface area contributed by atoms with Crippen LogP contribution < -0.4 is 9.47 Å². The zero-order valence-corrected chi connectivity index (χ0v) is 17.9. The van der Waals surface area contributed by atoms with Crippen LogP contribution in [-0.2, 0) is 26.2 Å². The first-order valence-electron chi connectivity index (χ1n) is 9.29. The minimum atomic E-state index is -3.90. The van der Waals surface area contributed by atoms with Crippen molar-refractivity contribution in [1.82, 2.24) is 9.29 Å². The molecule has 3 aromatic rings. The fourth-order valence-electron chi connectivity index (χ4n) is 2.92. The van der Waals surface area contributed by atoms with Crippen LogP contribution >= 0.6 is 11.3 Å². The van der Waals surface area contributed by atoms with Crippen LogP contribution in [0.1, 0.15) is 11.4 Å². The molecule has 0 fully saturated rings.